The molecule has 13 heteroatoms. The van der Waals surface area contributed by atoms with Crippen LogP contribution in [-0.4, -0.2) is 95.2 Å². The van der Waals surface area contributed by atoms with E-state index in [-0.39, 0.29) is 23.9 Å². The average molecular weight is 842 g/mol. The molecule has 0 saturated carbocycles. The SMILES string of the molecule is Cc1cc(C(=O)N2[C@@H](c3ccccc3Cl)CC[C@H]2C(=O)O)ccc1N1CCOCC1.O=C(O)[C@@H]1CC[C@H](c2ccccc2Cl)N1C(=O)c1ccc(N2CCCCC2)cc1. The second-order valence-corrected chi connectivity index (χ2v) is 16.4. The lowest BCUT2D eigenvalue weighted by molar-refractivity contribution is -0.142. The number of morpholine rings is 1. The average Bonchev–Trinajstić information content (AvgIpc) is 3.91. The number of aryl methyl sites for hydroxylation is 1. The number of aliphatic carboxylic acids is 2. The molecule has 2 amide bonds. The summed E-state index contributed by atoms with van der Waals surface area (Å²) in [6.45, 7) is 7.06. The fourth-order valence-corrected chi connectivity index (χ4v) is 9.51. The Morgan fingerprint density at radius 3 is 1.58 bits per heavy atom. The van der Waals surface area contributed by atoms with Crippen molar-refractivity contribution in [3.8, 4) is 0 Å². The number of hydrogen-bond acceptors (Lipinski definition) is 7. The second kappa shape index (κ2) is 18.9. The van der Waals surface area contributed by atoms with Crippen LogP contribution in [0.1, 0.15) is 94.4 Å². The Morgan fingerprint density at radius 1 is 0.593 bits per heavy atom. The molecule has 0 radical (unpaired) electrons. The maximum absolute atomic E-state index is 13.5. The molecule has 0 bridgehead atoms. The van der Waals surface area contributed by atoms with E-state index in [0.717, 1.165) is 54.2 Å². The standard InChI is InChI=1S/C23H25ClN2O4.C23H25ClN2O3/c1-15-14-16(6-7-19(15)25-10-12-30-13-11-25)22(27)26-20(8-9-21(26)23(28)29)17-4-2-3-5-18(17)24;24-19-7-3-2-6-18(19)20-12-13-21(23(28)29)26(20)22(27)16-8-10-17(11-9-16)25-14-4-1-5-15-25/h2-7,14,20-21H,8-13H2,1H3,(H,28,29);2-3,6-11,20-21H,1,4-5,12-15H2,(H,28,29)/t2*20-,21+/m11/s1. The van der Waals surface area contributed by atoms with Crippen molar-refractivity contribution < 1.29 is 34.1 Å². The van der Waals surface area contributed by atoms with Gasteiger partial charge in [0.15, 0.2) is 0 Å². The summed E-state index contributed by atoms with van der Waals surface area (Å²) < 4.78 is 5.42. The molecule has 59 heavy (non-hydrogen) atoms. The van der Waals surface area contributed by atoms with Crippen molar-refractivity contribution in [2.75, 3.05) is 49.2 Å². The maximum atomic E-state index is 13.5. The highest BCUT2D eigenvalue weighted by molar-refractivity contribution is 6.31. The molecule has 4 aromatic rings. The lowest BCUT2D eigenvalue weighted by Crippen LogP contribution is -2.42. The Kier molecular flexibility index (Phi) is 13.4. The molecule has 4 heterocycles. The molecule has 0 spiro atoms. The molecule has 4 aromatic carbocycles. The third-order valence-corrected chi connectivity index (χ3v) is 12.7. The van der Waals surface area contributed by atoms with Crippen LogP contribution < -0.4 is 9.80 Å². The Bertz CT molecular complexity index is 2160. The molecule has 0 aromatic heterocycles. The number of halogens is 2. The molecule has 310 valence electrons. The van der Waals surface area contributed by atoms with Gasteiger partial charge >= 0.3 is 11.9 Å². The van der Waals surface area contributed by atoms with Crippen LogP contribution >= 0.6 is 23.2 Å². The molecule has 4 atom stereocenters. The van der Waals surface area contributed by atoms with Gasteiger partial charge in [0.2, 0.25) is 0 Å². The van der Waals surface area contributed by atoms with E-state index < -0.39 is 24.0 Å². The maximum Gasteiger partial charge on any atom is 0.326 e. The fraction of sp³-hybridized carbons (Fsp3) is 0.391. The second-order valence-electron chi connectivity index (χ2n) is 15.6. The predicted octanol–water partition coefficient (Wildman–Crippen LogP) is 8.68. The third-order valence-electron chi connectivity index (χ3n) is 12.0. The van der Waals surface area contributed by atoms with Crippen molar-refractivity contribution in [1.29, 1.82) is 0 Å². The number of anilines is 2. The van der Waals surface area contributed by atoms with Gasteiger partial charge < -0.3 is 34.5 Å². The minimum absolute atomic E-state index is 0.259. The molecule has 4 aliphatic rings. The zero-order chi connectivity index (χ0) is 41.6. The molecule has 4 saturated heterocycles. The van der Waals surface area contributed by atoms with Crippen LogP contribution in [0.5, 0.6) is 0 Å². The van der Waals surface area contributed by atoms with Crippen LogP contribution in [-0.2, 0) is 14.3 Å². The first kappa shape index (κ1) is 42.0. The molecule has 11 nitrogen and oxygen atoms in total. The van der Waals surface area contributed by atoms with Gasteiger partial charge in [0.25, 0.3) is 11.8 Å². The van der Waals surface area contributed by atoms with Gasteiger partial charge in [0.1, 0.15) is 12.1 Å². The van der Waals surface area contributed by atoms with Gasteiger partial charge in [-0.05, 0) is 123 Å². The van der Waals surface area contributed by atoms with Gasteiger partial charge in [-0.1, -0.05) is 59.6 Å². The van der Waals surface area contributed by atoms with Crippen molar-refractivity contribution in [3.05, 3.63) is 129 Å². The van der Waals surface area contributed by atoms with Crippen LogP contribution in [0.25, 0.3) is 0 Å². The number of carboxylic acid groups (broad SMARTS) is 2. The topological polar surface area (TPSA) is 131 Å². The predicted molar refractivity (Wildman–Crippen MR) is 229 cm³/mol. The Hall–Kier alpha value is -5.10. The largest absolute Gasteiger partial charge is 0.480 e. The van der Waals surface area contributed by atoms with Crippen molar-refractivity contribution >= 4 is 58.3 Å². The van der Waals surface area contributed by atoms with Crippen LogP contribution in [0.3, 0.4) is 0 Å². The molecular formula is C46H50Cl2N4O7. The van der Waals surface area contributed by atoms with Crippen LogP contribution in [0.4, 0.5) is 11.4 Å². The van der Waals surface area contributed by atoms with E-state index in [1.807, 2.05) is 79.7 Å². The molecule has 4 aliphatic heterocycles. The Morgan fingerprint density at radius 2 is 1.08 bits per heavy atom. The van der Waals surface area contributed by atoms with Crippen molar-refractivity contribution in [2.45, 2.75) is 76.0 Å². The highest BCUT2D eigenvalue weighted by Crippen LogP contribution is 2.42. The van der Waals surface area contributed by atoms with Gasteiger partial charge in [-0.25, -0.2) is 9.59 Å². The number of carbonyl (C=O) groups is 4. The number of carbonyl (C=O) groups excluding carboxylic acids is 2. The summed E-state index contributed by atoms with van der Waals surface area (Å²) >= 11 is 12.7. The van der Waals surface area contributed by atoms with Crippen LogP contribution in [0.2, 0.25) is 10.0 Å². The van der Waals surface area contributed by atoms with Gasteiger partial charge in [-0.15, -0.1) is 0 Å². The number of rotatable bonds is 8. The lowest BCUT2D eigenvalue weighted by Gasteiger charge is -2.31. The van der Waals surface area contributed by atoms with Crippen LogP contribution in [0.15, 0.2) is 91.0 Å². The number of hydrogen-bond donors (Lipinski definition) is 2. The van der Waals surface area contributed by atoms with Gasteiger partial charge in [0, 0.05) is 58.7 Å². The zero-order valence-electron chi connectivity index (χ0n) is 33.1. The van der Waals surface area contributed by atoms with E-state index in [1.54, 1.807) is 18.2 Å². The van der Waals surface area contributed by atoms with E-state index in [2.05, 4.69) is 9.80 Å². The summed E-state index contributed by atoms with van der Waals surface area (Å²) in [6, 6.07) is 25.4. The number of likely N-dealkylation sites (tertiary alicyclic amines) is 2. The normalized spacial score (nSPS) is 21.8. The number of ether oxygens (including phenoxy) is 1. The third kappa shape index (κ3) is 9.22. The smallest absolute Gasteiger partial charge is 0.326 e. The van der Waals surface area contributed by atoms with Gasteiger partial charge in [-0.2, -0.15) is 0 Å². The van der Waals surface area contributed by atoms with E-state index in [4.69, 9.17) is 27.9 Å². The molecule has 4 fully saturated rings. The van der Waals surface area contributed by atoms with E-state index >= 15 is 0 Å². The van der Waals surface area contributed by atoms with Gasteiger partial charge in [-0.3, -0.25) is 9.59 Å². The number of amides is 2. The molecule has 2 N–H and O–H groups in total. The number of piperidine rings is 1. The van der Waals surface area contributed by atoms with Crippen molar-refractivity contribution in [1.82, 2.24) is 9.80 Å². The summed E-state index contributed by atoms with van der Waals surface area (Å²) in [4.78, 5) is 58.1. The van der Waals surface area contributed by atoms with Gasteiger partial charge in [0.05, 0.1) is 25.3 Å². The van der Waals surface area contributed by atoms with E-state index in [1.165, 1.54) is 29.1 Å². The highest BCUT2D eigenvalue weighted by atomic mass is 35.5. The zero-order valence-corrected chi connectivity index (χ0v) is 34.7. The summed E-state index contributed by atoms with van der Waals surface area (Å²) in [5.41, 5.74) is 5.77. The Balaban J connectivity index is 0.000000179. The number of carboxylic acids is 2. The minimum Gasteiger partial charge on any atom is -0.480 e. The summed E-state index contributed by atoms with van der Waals surface area (Å²) in [5.74, 6) is -2.50. The molecule has 8 rings (SSSR count). The fourth-order valence-electron chi connectivity index (χ4n) is 8.99. The first-order chi connectivity index (χ1) is 28.5. The van der Waals surface area contributed by atoms with Crippen molar-refractivity contribution in [3.63, 3.8) is 0 Å². The lowest BCUT2D eigenvalue weighted by atomic mass is 10.0. The summed E-state index contributed by atoms with van der Waals surface area (Å²) in [7, 11) is 0. The first-order valence-corrected chi connectivity index (χ1v) is 21.2. The summed E-state index contributed by atoms with van der Waals surface area (Å²) in [5, 5.41) is 20.5. The first-order valence-electron chi connectivity index (χ1n) is 20.4. The number of nitrogens with zero attached hydrogens (tertiary/aromatic N) is 4. The molecule has 0 unspecified atom stereocenters. The summed E-state index contributed by atoms with van der Waals surface area (Å²) in [6.07, 6.45) is 5.62. The van der Waals surface area contributed by atoms with E-state index in [9.17, 15) is 29.4 Å². The Labute approximate surface area is 355 Å². The monoisotopic (exact) mass is 840 g/mol. The molecule has 0 aliphatic carbocycles. The number of benzene rings is 4. The quantitative estimate of drug-likeness (QED) is 0.179. The van der Waals surface area contributed by atoms with Crippen molar-refractivity contribution in [2.24, 2.45) is 0 Å². The highest BCUT2D eigenvalue weighted by Gasteiger charge is 2.44. The van der Waals surface area contributed by atoms with E-state index in [0.29, 0.717) is 60.1 Å². The minimum atomic E-state index is -0.987. The van der Waals surface area contributed by atoms with Crippen LogP contribution in [0, 0.1) is 6.92 Å². The molecular weight excluding hydrogens is 791 g/mol.